The van der Waals surface area contributed by atoms with Gasteiger partial charge in [-0.25, -0.2) is 9.48 Å². The molecule has 1 N–H and O–H groups in total. The number of amides is 1. The molecule has 0 bridgehead atoms. The van der Waals surface area contributed by atoms with E-state index in [1.54, 1.807) is 17.0 Å². The molecule has 144 valence electrons. The largest absolute Gasteiger partial charge is 0.353 e. The average molecular weight is 369 g/mol. The number of carbonyl (C=O) groups excluding carboxylic acids is 1. The highest BCUT2D eigenvalue weighted by Gasteiger charge is 2.24. The first-order valence-corrected chi connectivity index (χ1v) is 10.0. The molecule has 27 heavy (non-hydrogen) atoms. The lowest BCUT2D eigenvalue weighted by molar-refractivity contribution is -0.122. The molecule has 4 rings (SSSR count). The zero-order valence-electron chi connectivity index (χ0n) is 15.6. The van der Waals surface area contributed by atoms with Gasteiger partial charge in [0.05, 0.1) is 6.54 Å². The van der Waals surface area contributed by atoms with E-state index in [9.17, 15) is 9.59 Å². The summed E-state index contributed by atoms with van der Waals surface area (Å²) in [6, 6.07) is 4.18. The zero-order valence-corrected chi connectivity index (χ0v) is 15.6. The normalized spacial score (nSPS) is 20.2. The molecule has 1 atom stereocenters. The van der Waals surface area contributed by atoms with Crippen molar-refractivity contribution in [1.29, 1.82) is 0 Å². The van der Waals surface area contributed by atoms with Gasteiger partial charge >= 0.3 is 5.69 Å². The maximum atomic E-state index is 12.7. The molecule has 1 aliphatic heterocycles. The number of nitrogens with one attached hydrogen (secondary N) is 1. The predicted octanol–water partition coefficient (Wildman–Crippen LogP) is 1.89. The molecule has 1 saturated carbocycles. The number of hydrogen-bond donors (Lipinski definition) is 1. The van der Waals surface area contributed by atoms with E-state index in [1.165, 1.54) is 17.5 Å². The number of aryl methyl sites for hydroxylation is 1. The maximum Gasteiger partial charge on any atom is 0.346 e. The van der Waals surface area contributed by atoms with Crippen LogP contribution >= 0.6 is 0 Å². The van der Waals surface area contributed by atoms with Crippen LogP contribution in [0.5, 0.6) is 0 Å². The summed E-state index contributed by atoms with van der Waals surface area (Å²) in [4.78, 5) is 29.1. The topological polar surface area (TPSA) is 81.8 Å². The van der Waals surface area contributed by atoms with E-state index in [4.69, 9.17) is 0 Å². The van der Waals surface area contributed by atoms with Crippen molar-refractivity contribution in [3.05, 3.63) is 46.4 Å². The molecule has 7 heteroatoms. The summed E-state index contributed by atoms with van der Waals surface area (Å²) < 4.78 is 3.31. The number of aromatic nitrogens is 4. The molecule has 0 saturated heterocycles. The van der Waals surface area contributed by atoms with Gasteiger partial charge in [-0.1, -0.05) is 18.9 Å². The van der Waals surface area contributed by atoms with Crippen LogP contribution in [0.25, 0.3) is 0 Å². The Balaban J connectivity index is 1.36. The smallest absolute Gasteiger partial charge is 0.346 e. The van der Waals surface area contributed by atoms with Crippen molar-refractivity contribution < 1.29 is 4.79 Å². The van der Waals surface area contributed by atoms with Gasteiger partial charge in [0.25, 0.3) is 0 Å². The molecule has 0 spiro atoms. The Morgan fingerprint density at radius 2 is 2.07 bits per heavy atom. The van der Waals surface area contributed by atoms with Crippen molar-refractivity contribution in [3.63, 3.8) is 0 Å². The Bertz CT molecular complexity index is 836. The van der Waals surface area contributed by atoms with E-state index in [-0.39, 0.29) is 11.6 Å². The Labute approximate surface area is 158 Å². The van der Waals surface area contributed by atoms with E-state index >= 15 is 0 Å². The quantitative estimate of drug-likeness (QED) is 0.873. The molecule has 2 aliphatic rings. The molecular formula is C20H27N5O2. The summed E-state index contributed by atoms with van der Waals surface area (Å²) in [5, 5.41) is 7.72. The third-order valence-electron chi connectivity index (χ3n) is 5.79. The van der Waals surface area contributed by atoms with E-state index in [0.717, 1.165) is 43.5 Å². The third-order valence-corrected chi connectivity index (χ3v) is 5.79. The van der Waals surface area contributed by atoms with Crippen LogP contribution in [0, 0.1) is 5.92 Å². The van der Waals surface area contributed by atoms with Gasteiger partial charge in [0.1, 0.15) is 5.82 Å². The van der Waals surface area contributed by atoms with Gasteiger partial charge < -0.3 is 5.32 Å². The molecule has 1 aliphatic carbocycles. The maximum absolute atomic E-state index is 12.7. The Kier molecular flexibility index (Phi) is 5.36. The van der Waals surface area contributed by atoms with E-state index in [0.29, 0.717) is 31.5 Å². The van der Waals surface area contributed by atoms with Crippen molar-refractivity contribution in [1.82, 2.24) is 24.6 Å². The fourth-order valence-electron chi connectivity index (χ4n) is 4.28. The van der Waals surface area contributed by atoms with Crippen molar-refractivity contribution in [2.24, 2.45) is 5.92 Å². The predicted molar refractivity (Wildman–Crippen MR) is 101 cm³/mol. The highest BCUT2D eigenvalue weighted by molar-refractivity contribution is 5.76. The van der Waals surface area contributed by atoms with Crippen LogP contribution in [0.15, 0.2) is 29.3 Å². The first kappa shape index (κ1) is 17.9. The van der Waals surface area contributed by atoms with Crippen LogP contribution in [0.2, 0.25) is 0 Å². The number of pyridine rings is 1. The van der Waals surface area contributed by atoms with Crippen molar-refractivity contribution >= 4 is 5.91 Å². The first-order valence-electron chi connectivity index (χ1n) is 10.0. The molecule has 2 aromatic rings. The average Bonchev–Trinajstić information content (AvgIpc) is 3.21. The summed E-state index contributed by atoms with van der Waals surface area (Å²) in [5.41, 5.74) is 0.902. The van der Waals surface area contributed by atoms with Gasteiger partial charge in [-0.3, -0.25) is 14.3 Å². The minimum absolute atomic E-state index is 0.0649. The van der Waals surface area contributed by atoms with E-state index < -0.39 is 0 Å². The third kappa shape index (κ3) is 4.28. The number of nitrogens with zero attached hydrogens (tertiary/aromatic N) is 4. The second kappa shape index (κ2) is 8.06. The van der Waals surface area contributed by atoms with Gasteiger partial charge in [-0.05, 0) is 43.2 Å². The van der Waals surface area contributed by atoms with Crippen molar-refractivity contribution in [2.75, 3.05) is 0 Å². The number of hydrogen-bond acceptors (Lipinski definition) is 4. The van der Waals surface area contributed by atoms with Gasteiger partial charge in [-0.15, -0.1) is 0 Å². The molecular weight excluding hydrogens is 342 g/mol. The number of rotatable bonds is 5. The molecule has 2 aromatic heterocycles. The summed E-state index contributed by atoms with van der Waals surface area (Å²) in [6.45, 7) is 1.09. The Morgan fingerprint density at radius 3 is 2.85 bits per heavy atom. The SMILES string of the molecule is O=C(CC1CCc2nn(Cc3cccnc3)c(=O)n2CC1)NC1CCCC1. The summed E-state index contributed by atoms with van der Waals surface area (Å²) in [5.74, 6) is 1.32. The van der Waals surface area contributed by atoms with Crippen LogP contribution < -0.4 is 11.0 Å². The standard InChI is InChI=1S/C20H27N5O2/c26-19(22-17-5-1-2-6-17)12-15-7-8-18-23-25(20(27)24(18)11-9-15)14-16-4-3-10-21-13-16/h3-4,10,13,15,17H,1-2,5-9,11-12,14H2,(H,22,26). The number of carbonyl (C=O) groups is 1. The molecule has 0 radical (unpaired) electrons. The van der Waals surface area contributed by atoms with Crippen LogP contribution in [0.1, 0.15) is 56.3 Å². The van der Waals surface area contributed by atoms with Crippen LogP contribution in [0.4, 0.5) is 0 Å². The van der Waals surface area contributed by atoms with Gasteiger partial charge in [0.2, 0.25) is 5.91 Å². The Morgan fingerprint density at radius 1 is 1.22 bits per heavy atom. The lowest BCUT2D eigenvalue weighted by atomic mass is 9.96. The lowest BCUT2D eigenvalue weighted by Crippen LogP contribution is -2.34. The van der Waals surface area contributed by atoms with Crippen molar-refractivity contribution in [2.45, 2.75) is 70.5 Å². The van der Waals surface area contributed by atoms with Gasteiger partial charge in [0, 0.05) is 37.8 Å². The molecule has 0 aromatic carbocycles. The second-order valence-corrected chi connectivity index (χ2v) is 7.82. The monoisotopic (exact) mass is 369 g/mol. The summed E-state index contributed by atoms with van der Waals surface area (Å²) >= 11 is 0. The minimum Gasteiger partial charge on any atom is -0.353 e. The van der Waals surface area contributed by atoms with Gasteiger partial charge in [-0.2, -0.15) is 5.10 Å². The first-order chi connectivity index (χ1) is 13.2. The van der Waals surface area contributed by atoms with Crippen molar-refractivity contribution in [3.8, 4) is 0 Å². The molecule has 1 fully saturated rings. The van der Waals surface area contributed by atoms with Crippen LogP contribution in [-0.4, -0.2) is 31.3 Å². The zero-order chi connectivity index (χ0) is 18.6. The van der Waals surface area contributed by atoms with Gasteiger partial charge in [0.15, 0.2) is 0 Å². The van der Waals surface area contributed by atoms with E-state index in [2.05, 4.69) is 15.4 Å². The fraction of sp³-hybridized carbons (Fsp3) is 0.600. The van der Waals surface area contributed by atoms with E-state index in [1.807, 2.05) is 12.1 Å². The number of fused-ring (bicyclic) bond motifs is 1. The highest BCUT2D eigenvalue weighted by Crippen LogP contribution is 2.22. The minimum atomic E-state index is -0.0649. The highest BCUT2D eigenvalue weighted by atomic mass is 16.2. The fourth-order valence-corrected chi connectivity index (χ4v) is 4.28. The summed E-state index contributed by atoms with van der Waals surface area (Å²) in [7, 11) is 0. The summed E-state index contributed by atoms with van der Waals surface area (Å²) in [6.07, 6.45) is 11.2. The molecule has 3 heterocycles. The second-order valence-electron chi connectivity index (χ2n) is 7.82. The van der Waals surface area contributed by atoms with Crippen LogP contribution in [-0.2, 0) is 24.3 Å². The molecule has 1 unspecified atom stereocenters. The molecule has 1 amide bonds. The Hall–Kier alpha value is -2.44. The molecule has 7 nitrogen and oxygen atoms in total. The lowest BCUT2D eigenvalue weighted by Gasteiger charge is -2.16. The van der Waals surface area contributed by atoms with Crippen LogP contribution in [0.3, 0.4) is 0 Å².